The summed E-state index contributed by atoms with van der Waals surface area (Å²) in [6.07, 6.45) is -7.99. The summed E-state index contributed by atoms with van der Waals surface area (Å²) in [6.45, 7) is 0.955. The summed E-state index contributed by atoms with van der Waals surface area (Å²) in [6, 6.07) is 1.32. The van der Waals surface area contributed by atoms with Gasteiger partial charge in [-0.15, -0.1) is 10.1 Å². The van der Waals surface area contributed by atoms with Gasteiger partial charge in [-0.3, -0.25) is 0 Å². The van der Waals surface area contributed by atoms with Crippen LogP contribution in [0.3, 0.4) is 0 Å². The van der Waals surface area contributed by atoms with Crippen molar-refractivity contribution in [2.24, 2.45) is 0 Å². The van der Waals surface area contributed by atoms with Gasteiger partial charge in [0.05, 0.1) is 5.57 Å². The van der Waals surface area contributed by atoms with Gasteiger partial charge in [-0.05, 0) is 37.1 Å². The third-order valence-electron chi connectivity index (χ3n) is 3.92. The van der Waals surface area contributed by atoms with Gasteiger partial charge in [0.1, 0.15) is 19.0 Å². The van der Waals surface area contributed by atoms with Crippen LogP contribution >= 0.6 is 11.6 Å². The van der Waals surface area contributed by atoms with Crippen molar-refractivity contribution in [1.82, 2.24) is 0 Å². The summed E-state index contributed by atoms with van der Waals surface area (Å²) in [5, 5.41) is 9.11. The Bertz CT molecular complexity index is 917. The average Bonchev–Trinajstić information content (AvgIpc) is 2.68. The number of carbonyl (C=O) groups is 2. The fourth-order valence-corrected chi connectivity index (χ4v) is 2.69. The Balaban J connectivity index is 2.07. The molecule has 1 aromatic rings. The van der Waals surface area contributed by atoms with E-state index < -0.39 is 55.1 Å². The molecule has 0 amide bonds. The molecule has 1 atom stereocenters. The second kappa shape index (κ2) is 9.73. The van der Waals surface area contributed by atoms with Gasteiger partial charge in [0.15, 0.2) is 0 Å². The van der Waals surface area contributed by atoms with Gasteiger partial charge >= 0.3 is 18.3 Å². The van der Waals surface area contributed by atoms with Crippen LogP contribution in [0.5, 0.6) is 5.75 Å². The highest BCUT2D eigenvalue weighted by molar-refractivity contribution is 6.32. The maximum absolute atomic E-state index is 13.4. The second-order valence-electron chi connectivity index (χ2n) is 6.03. The number of nitrogens with zero attached hydrogens (tertiary/aromatic N) is 1. The van der Waals surface area contributed by atoms with Gasteiger partial charge in [-0.25, -0.2) is 9.59 Å². The highest BCUT2D eigenvalue weighted by Crippen LogP contribution is 2.41. The summed E-state index contributed by atoms with van der Waals surface area (Å²) in [5.41, 5.74) is 0.196. The van der Waals surface area contributed by atoms with Crippen molar-refractivity contribution in [3.8, 4) is 5.75 Å². The van der Waals surface area contributed by atoms with Crippen molar-refractivity contribution in [3.05, 3.63) is 43.5 Å². The predicted octanol–water partition coefficient (Wildman–Crippen LogP) is 3.53. The molecular formula is C17H15ClF3NO9. The minimum Gasteiger partial charge on any atom is -0.475 e. The molecule has 2 rings (SSSR count). The number of rotatable bonds is 7. The molecule has 1 aliphatic heterocycles. The Morgan fingerprint density at radius 2 is 1.90 bits per heavy atom. The van der Waals surface area contributed by atoms with Crippen molar-refractivity contribution in [2.75, 3.05) is 20.0 Å². The molecule has 1 aromatic carbocycles. The monoisotopic (exact) mass is 469 g/mol. The van der Waals surface area contributed by atoms with Crippen molar-refractivity contribution < 1.29 is 51.6 Å². The number of hydrogen-bond acceptors (Lipinski definition) is 9. The van der Waals surface area contributed by atoms with E-state index in [-0.39, 0.29) is 11.3 Å². The predicted molar refractivity (Wildman–Crippen MR) is 95.7 cm³/mol. The Morgan fingerprint density at radius 1 is 1.23 bits per heavy atom. The molecule has 0 saturated heterocycles. The topological polar surface area (TPSA) is 123 Å². The molecular weight excluding hydrogens is 455 g/mol. The highest BCUT2D eigenvalue weighted by Gasteiger charge is 2.49. The van der Waals surface area contributed by atoms with E-state index >= 15 is 0 Å². The van der Waals surface area contributed by atoms with Gasteiger partial charge in [-0.1, -0.05) is 11.6 Å². The second-order valence-corrected chi connectivity index (χ2v) is 6.41. The molecule has 0 bridgehead atoms. The number of carbonyl (C=O) groups excluding carboxylic acids is 2. The van der Waals surface area contributed by atoms with Crippen molar-refractivity contribution in [1.29, 1.82) is 0 Å². The molecule has 1 aliphatic rings. The number of hydrogen-bond donors (Lipinski definition) is 0. The first-order chi connectivity index (χ1) is 14.4. The van der Waals surface area contributed by atoms with Gasteiger partial charge < -0.3 is 23.8 Å². The molecule has 1 heterocycles. The number of halogens is 4. The first kappa shape index (κ1) is 24.1. The van der Waals surface area contributed by atoms with E-state index in [9.17, 15) is 32.9 Å². The Kier molecular flexibility index (Phi) is 7.55. The van der Waals surface area contributed by atoms with Crippen LogP contribution in [-0.4, -0.2) is 49.5 Å². The zero-order chi connectivity index (χ0) is 23.3. The summed E-state index contributed by atoms with van der Waals surface area (Å²) >= 11 is 6.12. The molecule has 170 valence electrons. The minimum atomic E-state index is -4.94. The van der Waals surface area contributed by atoms with E-state index in [2.05, 4.69) is 19.0 Å². The standard InChI is InChI=1S/C17H15ClF3NO9/c1-8-5-12-10(9(2)13(8)18)6-11(14(31-12)17(19,20)21)15(23)28-7-29-16(24)27-3-4-30-22(25)26/h5-6,14H,3-4,7H2,1-2H3/t14-/m0/s1. The smallest absolute Gasteiger partial charge is 0.475 e. The summed E-state index contributed by atoms with van der Waals surface area (Å²) < 4.78 is 58.6. The quantitative estimate of drug-likeness (QED) is 0.194. The average molecular weight is 470 g/mol. The van der Waals surface area contributed by atoms with Crippen LogP contribution in [0.15, 0.2) is 11.6 Å². The van der Waals surface area contributed by atoms with E-state index in [1.54, 1.807) is 13.8 Å². The lowest BCUT2D eigenvalue weighted by atomic mass is 9.96. The van der Waals surface area contributed by atoms with Gasteiger partial charge in [0, 0.05) is 10.6 Å². The van der Waals surface area contributed by atoms with Crippen molar-refractivity contribution >= 4 is 29.8 Å². The van der Waals surface area contributed by atoms with E-state index in [4.69, 9.17) is 16.3 Å². The van der Waals surface area contributed by atoms with Crippen LogP contribution in [0.1, 0.15) is 16.7 Å². The van der Waals surface area contributed by atoms with Crippen LogP contribution in [-0.2, 0) is 23.8 Å². The van der Waals surface area contributed by atoms with Crippen LogP contribution in [0.25, 0.3) is 6.08 Å². The highest BCUT2D eigenvalue weighted by atomic mass is 35.5. The van der Waals surface area contributed by atoms with Crippen LogP contribution < -0.4 is 4.74 Å². The zero-order valence-electron chi connectivity index (χ0n) is 16.0. The van der Waals surface area contributed by atoms with Crippen molar-refractivity contribution in [3.63, 3.8) is 0 Å². The fraction of sp³-hybridized carbons (Fsp3) is 0.412. The SMILES string of the molecule is Cc1cc2c(c(C)c1Cl)C=C(C(=O)OCOC(=O)OCCO[N+](=O)[O-])[C@@H](C(F)(F)F)O2. The number of aryl methyl sites for hydroxylation is 1. The van der Waals surface area contributed by atoms with Gasteiger partial charge in [-0.2, -0.15) is 13.2 Å². The number of fused-ring (bicyclic) bond motifs is 1. The Morgan fingerprint density at radius 3 is 2.52 bits per heavy atom. The largest absolute Gasteiger partial charge is 0.511 e. The molecule has 0 radical (unpaired) electrons. The molecule has 0 N–H and O–H groups in total. The third kappa shape index (κ3) is 6.13. The Hall–Kier alpha value is -3.22. The zero-order valence-corrected chi connectivity index (χ0v) is 16.7. The van der Waals surface area contributed by atoms with E-state index in [0.717, 1.165) is 6.08 Å². The molecule has 10 nitrogen and oxygen atoms in total. The number of alkyl halides is 3. The van der Waals surface area contributed by atoms with E-state index in [1.807, 2.05) is 0 Å². The number of benzene rings is 1. The lowest BCUT2D eigenvalue weighted by Crippen LogP contribution is -2.41. The molecule has 14 heteroatoms. The summed E-state index contributed by atoms with van der Waals surface area (Å²) in [7, 11) is 0. The number of ether oxygens (including phenoxy) is 4. The lowest BCUT2D eigenvalue weighted by Gasteiger charge is -2.29. The maximum atomic E-state index is 13.4. The normalized spacial score (nSPS) is 15.2. The summed E-state index contributed by atoms with van der Waals surface area (Å²) in [5.74, 6) is -1.55. The molecule has 31 heavy (non-hydrogen) atoms. The first-order valence-electron chi connectivity index (χ1n) is 8.40. The fourth-order valence-electron chi connectivity index (χ4n) is 2.54. The molecule has 0 fully saturated rings. The first-order valence-corrected chi connectivity index (χ1v) is 8.78. The van der Waals surface area contributed by atoms with E-state index in [1.165, 1.54) is 6.07 Å². The molecule has 0 unspecified atom stereocenters. The lowest BCUT2D eigenvalue weighted by molar-refractivity contribution is -0.757. The molecule has 0 spiro atoms. The third-order valence-corrected chi connectivity index (χ3v) is 4.50. The minimum absolute atomic E-state index is 0.102. The molecule has 0 aromatic heterocycles. The van der Waals surface area contributed by atoms with Crippen molar-refractivity contribution in [2.45, 2.75) is 26.1 Å². The molecule has 0 saturated carbocycles. The summed E-state index contributed by atoms with van der Waals surface area (Å²) in [4.78, 5) is 37.3. The number of esters is 1. The molecule has 0 aliphatic carbocycles. The van der Waals surface area contributed by atoms with Gasteiger partial charge in [0.2, 0.25) is 12.9 Å². The van der Waals surface area contributed by atoms with Crippen LogP contribution in [0, 0.1) is 24.0 Å². The Labute approximate surface area is 177 Å². The van der Waals surface area contributed by atoms with Crippen LogP contribution in [0.4, 0.5) is 18.0 Å². The maximum Gasteiger partial charge on any atom is 0.511 e. The van der Waals surface area contributed by atoms with E-state index in [0.29, 0.717) is 16.1 Å². The van der Waals surface area contributed by atoms with Gasteiger partial charge in [0.25, 0.3) is 5.09 Å². The van der Waals surface area contributed by atoms with Crippen LogP contribution in [0.2, 0.25) is 5.02 Å².